The van der Waals surface area contributed by atoms with Crippen LogP contribution in [0.1, 0.15) is 58.8 Å². The molecule has 0 saturated carbocycles. The summed E-state index contributed by atoms with van der Waals surface area (Å²) in [5.41, 5.74) is 0.430. The second-order valence-corrected chi connectivity index (χ2v) is 30.9. The van der Waals surface area contributed by atoms with Gasteiger partial charge in [-0.3, -0.25) is 0 Å². The van der Waals surface area contributed by atoms with Crippen LogP contribution in [0.3, 0.4) is 0 Å². The summed E-state index contributed by atoms with van der Waals surface area (Å²) in [5.74, 6) is 0. The van der Waals surface area contributed by atoms with Crippen molar-refractivity contribution in [1.29, 1.82) is 0 Å². The van der Waals surface area contributed by atoms with Gasteiger partial charge in [-0.05, 0) is 89.4 Å². The predicted molar refractivity (Wildman–Crippen MR) is 140 cm³/mol. The Morgan fingerprint density at radius 2 is 0.929 bits per heavy atom. The average Bonchev–Trinajstić information content (AvgIpc) is 2.34. The van der Waals surface area contributed by atoms with Gasteiger partial charge in [0.1, 0.15) is 0 Å². The molecule has 0 aromatic carbocycles. The van der Waals surface area contributed by atoms with Crippen LogP contribution >= 0.6 is 0 Å². The van der Waals surface area contributed by atoms with E-state index in [0.717, 1.165) is 0 Å². The average molecular weight is 463 g/mol. The van der Waals surface area contributed by atoms with E-state index in [9.17, 15) is 0 Å². The van der Waals surface area contributed by atoms with E-state index in [1.807, 2.05) is 0 Å². The maximum atomic E-state index is 6.56. The topological polar surface area (TPSA) is 18.5 Å². The quantitative estimate of drug-likeness (QED) is 0.179. The molecular weight excluding hydrogens is 409 g/mol. The molecule has 0 aliphatic heterocycles. The lowest BCUT2D eigenvalue weighted by atomic mass is 9.89. The number of rotatable bonds is 15. The Labute approximate surface area is 183 Å². The molecule has 6 heteroatoms. The fraction of sp³-hybridized carbons (Fsp3) is 1.00. The molecule has 0 aliphatic rings. The summed E-state index contributed by atoms with van der Waals surface area (Å²) in [7, 11) is -5.75. The van der Waals surface area contributed by atoms with Gasteiger partial charge in [-0.2, -0.15) is 0 Å². The van der Waals surface area contributed by atoms with E-state index >= 15 is 0 Å². The number of hydrogen-bond acceptors (Lipinski definition) is 2. The lowest BCUT2D eigenvalue weighted by molar-refractivity contribution is 0.338. The van der Waals surface area contributed by atoms with Crippen molar-refractivity contribution in [3.8, 4) is 0 Å². The standard InChI is InChI=1S/C22H54O2Si4/c1-22(2,21-28(11,12)24-26(6,7)8)19-17-15-13-14-16-18-20-27(9,10)23-25(3,4)5/h13-21H2,1-12H3. The van der Waals surface area contributed by atoms with Crippen molar-refractivity contribution >= 4 is 33.3 Å². The zero-order valence-electron chi connectivity index (χ0n) is 21.7. The molecule has 0 aliphatic carbocycles. The van der Waals surface area contributed by atoms with Gasteiger partial charge in [0.05, 0.1) is 0 Å². The molecule has 0 aromatic heterocycles. The lowest BCUT2D eigenvalue weighted by Crippen LogP contribution is -2.44. The van der Waals surface area contributed by atoms with E-state index in [4.69, 9.17) is 8.23 Å². The van der Waals surface area contributed by atoms with Crippen molar-refractivity contribution < 1.29 is 8.23 Å². The smallest absolute Gasteiger partial charge is 0.173 e. The third-order valence-electron chi connectivity index (χ3n) is 4.95. The van der Waals surface area contributed by atoms with E-state index in [2.05, 4.69) is 79.3 Å². The first-order valence-electron chi connectivity index (χ1n) is 11.7. The summed E-state index contributed by atoms with van der Waals surface area (Å²) >= 11 is 0. The van der Waals surface area contributed by atoms with Gasteiger partial charge in [-0.25, -0.2) is 0 Å². The molecule has 0 heterocycles. The van der Waals surface area contributed by atoms with Gasteiger partial charge in [-0.15, -0.1) is 0 Å². The molecule has 0 rings (SSSR count). The second-order valence-electron chi connectivity index (χ2n) is 12.9. The highest BCUT2D eigenvalue weighted by Gasteiger charge is 2.35. The Balaban J connectivity index is 3.96. The van der Waals surface area contributed by atoms with Crippen LogP contribution in [-0.2, 0) is 8.23 Å². The zero-order chi connectivity index (χ0) is 22.3. The highest BCUT2D eigenvalue weighted by atomic mass is 28.4. The van der Waals surface area contributed by atoms with Gasteiger partial charge < -0.3 is 8.23 Å². The lowest BCUT2D eigenvalue weighted by Gasteiger charge is -2.37. The van der Waals surface area contributed by atoms with Crippen LogP contribution in [0, 0.1) is 5.41 Å². The monoisotopic (exact) mass is 462 g/mol. The molecule has 0 N–H and O–H groups in total. The van der Waals surface area contributed by atoms with Gasteiger partial charge in [-0.1, -0.05) is 52.4 Å². The molecule has 0 bridgehead atoms. The Morgan fingerprint density at radius 1 is 0.536 bits per heavy atom. The van der Waals surface area contributed by atoms with Crippen LogP contribution in [0.5, 0.6) is 0 Å². The maximum absolute atomic E-state index is 6.56. The Bertz CT molecular complexity index is 435. The zero-order valence-corrected chi connectivity index (χ0v) is 25.7. The summed E-state index contributed by atoms with van der Waals surface area (Å²) < 4.78 is 13.0. The second kappa shape index (κ2) is 11.4. The highest BCUT2D eigenvalue weighted by Crippen LogP contribution is 2.35. The van der Waals surface area contributed by atoms with Gasteiger partial charge in [0, 0.05) is 0 Å². The normalized spacial score (nSPS) is 14.6. The highest BCUT2D eigenvalue weighted by molar-refractivity contribution is 6.84. The molecule has 0 atom stereocenters. The van der Waals surface area contributed by atoms with E-state index in [-0.39, 0.29) is 0 Å². The molecule has 0 amide bonds. The van der Waals surface area contributed by atoms with Crippen LogP contribution in [-0.4, -0.2) is 33.3 Å². The van der Waals surface area contributed by atoms with E-state index in [0.29, 0.717) is 5.41 Å². The van der Waals surface area contributed by atoms with Crippen LogP contribution in [0.2, 0.25) is 77.6 Å². The van der Waals surface area contributed by atoms with Gasteiger partial charge >= 0.3 is 0 Å². The van der Waals surface area contributed by atoms with Gasteiger partial charge in [0.25, 0.3) is 0 Å². The van der Waals surface area contributed by atoms with Gasteiger partial charge in [0.2, 0.25) is 0 Å². The van der Waals surface area contributed by atoms with E-state index in [1.165, 1.54) is 57.0 Å². The first-order chi connectivity index (χ1) is 12.3. The van der Waals surface area contributed by atoms with Crippen LogP contribution in [0.4, 0.5) is 0 Å². The van der Waals surface area contributed by atoms with Crippen molar-refractivity contribution in [2.24, 2.45) is 5.41 Å². The molecule has 0 spiro atoms. The van der Waals surface area contributed by atoms with Crippen LogP contribution < -0.4 is 0 Å². The van der Waals surface area contributed by atoms with Gasteiger partial charge in [0.15, 0.2) is 33.3 Å². The van der Waals surface area contributed by atoms with Crippen molar-refractivity contribution in [3.05, 3.63) is 0 Å². The summed E-state index contributed by atoms with van der Waals surface area (Å²) in [6.45, 7) is 28.5. The molecule has 28 heavy (non-hydrogen) atoms. The molecule has 0 radical (unpaired) electrons. The fourth-order valence-corrected chi connectivity index (χ4v) is 22.4. The molecule has 0 unspecified atom stereocenters. The molecular formula is C22H54O2Si4. The summed E-state index contributed by atoms with van der Waals surface area (Å²) in [5, 5.41) is 0. The van der Waals surface area contributed by atoms with Crippen molar-refractivity contribution in [1.82, 2.24) is 0 Å². The first-order valence-corrected chi connectivity index (χ1v) is 24.8. The minimum absolute atomic E-state index is 0.430. The minimum atomic E-state index is -1.54. The molecule has 0 aromatic rings. The third-order valence-corrected chi connectivity index (χ3v) is 17.6. The summed E-state index contributed by atoms with van der Waals surface area (Å²) in [6, 6.07) is 2.63. The maximum Gasteiger partial charge on any atom is 0.173 e. The predicted octanol–water partition coefficient (Wildman–Crippen LogP) is 8.86. The van der Waals surface area contributed by atoms with Crippen molar-refractivity contribution in [3.63, 3.8) is 0 Å². The van der Waals surface area contributed by atoms with Crippen LogP contribution in [0.15, 0.2) is 0 Å². The number of hydrogen-bond donors (Lipinski definition) is 0. The minimum Gasteiger partial charge on any atom is -0.456 e. The summed E-state index contributed by atoms with van der Waals surface area (Å²) in [6.07, 6.45) is 9.68. The molecule has 170 valence electrons. The third kappa shape index (κ3) is 17.6. The van der Waals surface area contributed by atoms with Crippen LogP contribution in [0.25, 0.3) is 0 Å². The van der Waals surface area contributed by atoms with Crippen molar-refractivity contribution in [2.45, 2.75) is 136 Å². The van der Waals surface area contributed by atoms with E-state index < -0.39 is 33.3 Å². The Kier molecular flexibility index (Phi) is 11.7. The summed E-state index contributed by atoms with van der Waals surface area (Å²) in [4.78, 5) is 0. The van der Waals surface area contributed by atoms with Crippen molar-refractivity contribution in [2.75, 3.05) is 0 Å². The largest absolute Gasteiger partial charge is 0.456 e. The molecule has 0 saturated heterocycles. The SMILES string of the molecule is CC(C)(CCCCCCCC[Si](C)(C)O[Si](C)(C)C)C[Si](C)(C)O[Si](C)(C)C. The Hall–Kier alpha value is 0.788. The Morgan fingerprint density at radius 3 is 1.39 bits per heavy atom. The first kappa shape index (κ1) is 28.8. The van der Waals surface area contributed by atoms with E-state index in [1.54, 1.807) is 0 Å². The molecule has 0 fully saturated rings. The number of unbranched alkanes of at least 4 members (excludes halogenated alkanes) is 5. The molecule has 2 nitrogen and oxygen atoms in total. The fourth-order valence-electron chi connectivity index (χ4n) is 4.85.